The minimum atomic E-state index is -0.0699. The first-order valence-electron chi connectivity index (χ1n) is 10.5. The molecule has 0 bridgehead atoms. The molecule has 1 aromatic heterocycles. The number of carbonyl (C=O) groups excluding carboxylic acids is 2. The number of carbonyl (C=O) groups is 2. The molecule has 154 valence electrons. The van der Waals surface area contributed by atoms with Gasteiger partial charge in [0.2, 0.25) is 11.8 Å². The Bertz CT molecular complexity index is 906. The number of fused-ring (bicyclic) bond motifs is 1. The number of nitrogens with zero attached hydrogens (tertiary/aromatic N) is 2. The van der Waals surface area contributed by atoms with Gasteiger partial charge in [-0.1, -0.05) is 45.0 Å². The van der Waals surface area contributed by atoms with Crippen molar-refractivity contribution in [2.24, 2.45) is 0 Å². The lowest BCUT2D eigenvalue weighted by atomic mass is 9.85. The van der Waals surface area contributed by atoms with Crippen molar-refractivity contribution in [3.8, 4) is 0 Å². The fourth-order valence-corrected chi connectivity index (χ4v) is 5.13. The van der Waals surface area contributed by atoms with Crippen molar-refractivity contribution >= 4 is 23.2 Å². The highest BCUT2D eigenvalue weighted by Crippen LogP contribution is 2.39. The van der Waals surface area contributed by atoms with E-state index in [4.69, 9.17) is 0 Å². The number of thiophene rings is 1. The molecule has 2 amide bonds. The van der Waals surface area contributed by atoms with Gasteiger partial charge in [-0.3, -0.25) is 9.59 Å². The maximum absolute atomic E-state index is 13.3. The molecule has 0 N–H and O–H groups in total. The van der Waals surface area contributed by atoms with E-state index >= 15 is 0 Å². The quantitative estimate of drug-likeness (QED) is 0.743. The standard InChI is InChI=1S/C24H30N2O2S/c1-16(27)26(19-9-10-19)15-22(28)25-13-11-21-20(12-14-29-21)23(25)17-5-7-18(8-6-17)24(2,3)4/h5-8,12,14,19,23H,9-11,13,15H2,1-4H3. The highest BCUT2D eigenvalue weighted by atomic mass is 32.1. The summed E-state index contributed by atoms with van der Waals surface area (Å²) in [5.74, 6) is 0.0500. The van der Waals surface area contributed by atoms with Crippen LogP contribution in [0.25, 0.3) is 0 Å². The van der Waals surface area contributed by atoms with E-state index in [1.807, 2.05) is 4.90 Å². The van der Waals surface area contributed by atoms with Gasteiger partial charge in [-0.25, -0.2) is 0 Å². The molecule has 2 aromatic rings. The van der Waals surface area contributed by atoms with E-state index in [0.29, 0.717) is 6.54 Å². The molecule has 0 saturated heterocycles. The largest absolute Gasteiger partial charge is 0.331 e. The van der Waals surface area contributed by atoms with Crippen LogP contribution in [0.5, 0.6) is 0 Å². The summed E-state index contributed by atoms with van der Waals surface area (Å²) in [5.41, 5.74) is 3.77. The van der Waals surface area contributed by atoms with Crippen LogP contribution in [0, 0.1) is 0 Å². The lowest BCUT2D eigenvalue weighted by Crippen LogP contribution is -2.47. The summed E-state index contributed by atoms with van der Waals surface area (Å²) in [6.45, 7) is 9.10. The fourth-order valence-electron chi connectivity index (χ4n) is 4.23. The molecule has 1 saturated carbocycles. The predicted molar refractivity (Wildman–Crippen MR) is 117 cm³/mol. The van der Waals surface area contributed by atoms with Crippen molar-refractivity contribution in [2.45, 2.75) is 64.5 Å². The normalized spacial score (nSPS) is 19.0. The third-order valence-electron chi connectivity index (χ3n) is 6.08. The molecule has 2 aliphatic rings. The van der Waals surface area contributed by atoms with Gasteiger partial charge in [0.15, 0.2) is 0 Å². The van der Waals surface area contributed by atoms with Crippen LogP contribution in [-0.2, 0) is 21.4 Å². The molecule has 0 radical (unpaired) electrons. The molecular formula is C24H30N2O2S. The van der Waals surface area contributed by atoms with Gasteiger partial charge in [-0.2, -0.15) is 0 Å². The average molecular weight is 411 g/mol. The van der Waals surface area contributed by atoms with E-state index in [2.05, 4.69) is 56.5 Å². The van der Waals surface area contributed by atoms with E-state index in [1.54, 1.807) is 23.2 Å². The van der Waals surface area contributed by atoms with Crippen molar-refractivity contribution in [1.29, 1.82) is 0 Å². The molecule has 2 heterocycles. The summed E-state index contributed by atoms with van der Waals surface area (Å²) in [6, 6.07) is 11.0. The number of amides is 2. The molecule has 1 aliphatic carbocycles. The number of hydrogen-bond donors (Lipinski definition) is 0. The smallest absolute Gasteiger partial charge is 0.243 e. The summed E-state index contributed by atoms with van der Waals surface area (Å²) in [6.07, 6.45) is 2.91. The van der Waals surface area contributed by atoms with E-state index in [1.165, 1.54) is 16.0 Å². The lowest BCUT2D eigenvalue weighted by molar-refractivity contribution is -0.141. The zero-order valence-corrected chi connectivity index (χ0v) is 18.6. The number of rotatable bonds is 4. The Labute approximate surface area is 177 Å². The van der Waals surface area contributed by atoms with Crippen LogP contribution in [0.2, 0.25) is 0 Å². The van der Waals surface area contributed by atoms with Crippen molar-refractivity contribution in [2.75, 3.05) is 13.1 Å². The maximum Gasteiger partial charge on any atom is 0.243 e. The molecule has 4 rings (SSSR count). The first kappa shape index (κ1) is 20.1. The Hall–Kier alpha value is -2.14. The van der Waals surface area contributed by atoms with Gasteiger partial charge >= 0.3 is 0 Å². The van der Waals surface area contributed by atoms with Gasteiger partial charge < -0.3 is 9.80 Å². The van der Waals surface area contributed by atoms with Crippen LogP contribution in [0.1, 0.15) is 68.1 Å². The topological polar surface area (TPSA) is 40.6 Å². The molecule has 29 heavy (non-hydrogen) atoms. The maximum atomic E-state index is 13.3. The van der Waals surface area contributed by atoms with Crippen LogP contribution in [0.15, 0.2) is 35.7 Å². The molecule has 1 unspecified atom stereocenters. The molecular weight excluding hydrogens is 380 g/mol. The summed E-state index contributed by atoms with van der Waals surface area (Å²) in [5, 5.41) is 2.13. The second-order valence-corrected chi connectivity index (χ2v) is 10.3. The molecule has 1 aromatic carbocycles. The zero-order valence-electron chi connectivity index (χ0n) is 17.8. The fraction of sp³-hybridized carbons (Fsp3) is 0.500. The van der Waals surface area contributed by atoms with Crippen molar-refractivity contribution in [1.82, 2.24) is 9.80 Å². The Balaban J connectivity index is 1.64. The predicted octanol–water partition coefficient (Wildman–Crippen LogP) is 4.53. The van der Waals surface area contributed by atoms with Gasteiger partial charge in [0, 0.05) is 24.4 Å². The third kappa shape index (κ3) is 4.11. The van der Waals surface area contributed by atoms with Crippen LogP contribution in [0.4, 0.5) is 0 Å². The Kier molecular flexibility index (Phi) is 5.28. The van der Waals surface area contributed by atoms with Crippen LogP contribution in [-0.4, -0.2) is 40.7 Å². The monoisotopic (exact) mass is 410 g/mol. The first-order valence-corrected chi connectivity index (χ1v) is 11.4. The van der Waals surface area contributed by atoms with E-state index in [9.17, 15) is 9.59 Å². The summed E-state index contributed by atoms with van der Waals surface area (Å²) in [7, 11) is 0. The SMILES string of the molecule is CC(=O)N(CC(=O)N1CCc2sccc2C1c1ccc(C(C)(C)C)cc1)C1CC1. The van der Waals surface area contributed by atoms with Gasteiger partial charge in [-0.15, -0.1) is 11.3 Å². The van der Waals surface area contributed by atoms with Gasteiger partial charge in [-0.05, 0) is 52.8 Å². The molecule has 1 aliphatic heterocycles. The van der Waals surface area contributed by atoms with Crippen molar-refractivity contribution < 1.29 is 9.59 Å². The number of hydrogen-bond acceptors (Lipinski definition) is 3. The Morgan fingerprint density at radius 3 is 2.41 bits per heavy atom. The van der Waals surface area contributed by atoms with E-state index < -0.39 is 0 Å². The van der Waals surface area contributed by atoms with Crippen molar-refractivity contribution in [3.63, 3.8) is 0 Å². The van der Waals surface area contributed by atoms with Gasteiger partial charge in [0.05, 0.1) is 6.04 Å². The highest BCUT2D eigenvalue weighted by Gasteiger charge is 2.37. The molecule has 1 atom stereocenters. The van der Waals surface area contributed by atoms with Crippen LogP contribution in [0.3, 0.4) is 0 Å². The van der Waals surface area contributed by atoms with Gasteiger partial charge in [0.1, 0.15) is 6.54 Å². The number of benzene rings is 1. The zero-order chi connectivity index (χ0) is 20.8. The minimum absolute atomic E-state index is 0.000150. The average Bonchev–Trinajstić information content (AvgIpc) is 3.40. The molecule has 1 fully saturated rings. The molecule has 5 heteroatoms. The second kappa shape index (κ2) is 7.60. The summed E-state index contributed by atoms with van der Waals surface area (Å²) < 4.78 is 0. The Morgan fingerprint density at radius 1 is 1.14 bits per heavy atom. The van der Waals surface area contributed by atoms with E-state index in [-0.39, 0.29) is 35.9 Å². The Morgan fingerprint density at radius 2 is 1.83 bits per heavy atom. The van der Waals surface area contributed by atoms with Gasteiger partial charge in [0.25, 0.3) is 0 Å². The minimum Gasteiger partial charge on any atom is -0.331 e. The van der Waals surface area contributed by atoms with Crippen LogP contribution >= 0.6 is 11.3 Å². The molecule has 4 nitrogen and oxygen atoms in total. The third-order valence-corrected chi connectivity index (χ3v) is 7.07. The van der Waals surface area contributed by atoms with Crippen LogP contribution < -0.4 is 0 Å². The van der Waals surface area contributed by atoms with E-state index in [0.717, 1.165) is 24.8 Å². The first-order chi connectivity index (χ1) is 13.8. The summed E-state index contributed by atoms with van der Waals surface area (Å²) >= 11 is 1.78. The second-order valence-electron chi connectivity index (χ2n) is 9.29. The highest BCUT2D eigenvalue weighted by molar-refractivity contribution is 7.10. The van der Waals surface area contributed by atoms with Crippen molar-refractivity contribution in [3.05, 3.63) is 57.3 Å². The lowest BCUT2D eigenvalue weighted by Gasteiger charge is -2.37. The molecule has 0 spiro atoms. The summed E-state index contributed by atoms with van der Waals surface area (Å²) in [4.78, 5) is 30.5.